The maximum atomic E-state index is 5.26. The first kappa shape index (κ1) is 35.6. The minimum Gasteiger partial charge on any atom is -0.309 e. The summed E-state index contributed by atoms with van der Waals surface area (Å²) in [5.74, 6) is 0.921. The Kier molecular flexibility index (Phi) is 8.04. The van der Waals surface area contributed by atoms with Crippen molar-refractivity contribution in [1.29, 1.82) is 0 Å². The van der Waals surface area contributed by atoms with Gasteiger partial charge in [0.2, 0.25) is 0 Å². The van der Waals surface area contributed by atoms with Crippen LogP contribution in [0.2, 0.25) is 0 Å². The molecular weight excluding hydrogens is 763 g/mol. The van der Waals surface area contributed by atoms with Gasteiger partial charge < -0.3 is 4.57 Å². The standard InChI is InChI=1S/C60H39N3/c1-3-17-40(18-4-1)54-37-55(41-19-5-2-6-20-41)62-60(61-54)50-31-32-57(47-24-12-11-23-46(47)50)63-56-26-14-13-25-48(56)53-36-52-44(35-58(53)63)34-51(43-28-27-38-15-7-8-21-42(38)33-43)49-30-29-39-16-9-10-22-45(39)59(49)52/h1-33,35-37,51H,34H2. The summed E-state index contributed by atoms with van der Waals surface area (Å²) in [5, 5.41) is 9.89. The summed E-state index contributed by atoms with van der Waals surface area (Å²) in [5.41, 5.74) is 15.3. The van der Waals surface area contributed by atoms with Gasteiger partial charge in [0, 0.05) is 38.8 Å². The second-order valence-electron chi connectivity index (χ2n) is 16.9. The van der Waals surface area contributed by atoms with Crippen molar-refractivity contribution in [3.05, 3.63) is 235 Å². The monoisotopic (exact) mass is 801 g/mol. The van der Waals surface area contributed by atoms with Gasteiger partial charge >= 0.3 is 0 Å². The summed E-state index contributed by atoms with van der Waals surface area (Å²) in [4.78, 5) is 10.5. The summed E-state index contributed by atoms with van der Waals surface area (Å²) in [6.45, 7) is 0. The van der Waals surface area contributed by atoms with Gasteiger partial charge in [-0.05, 0) is 97.6 Å². The topological polar surface area (TPSA) is 30.7 Å². The molecule has 0 bridgehead atoms. The Bertz CT molecular complexity index is 3710. The summed E-state index contributed by atoms with van der Waals surface area (Å²) in [7, 11) is 0. The summed E-state index contributed by atoms with van der Waals surface area (Å²) >= 11 is 0. The van der Waals surface area contributed by atoms with Crippen LogP contribution in [0, 0.1) is 0 Å². The highest BCUT2D eigenvalue weighted by Crippen LogP contribution is 2.49. The van der Waals surface area contributed by atoms with E-state index in [-0.39, 0.29) is 5.92 Å². The smallest absolute Gasteiger partial charge is 0.161 e. The summed E-state index contributed by atoms with van der Waals surface area (Å²) < 4.78 is 2.50. The predicted molar refractivity (Wildman–Crippen MR) is 263 cm³/mol. The minimum atomic E-state index is 0.213. The molecule has 0 saturated heterocycles. The van der Waals surface area contributed by atoms with Crippen LogP contribution in [0.5, 0.6) is 0 Å². The molecule has 13 rings (SSSR count). The second kappa shape index (κ2) is 14.2. The van der Waals surface area contributed by atoms with Crippen molar-refractivity contribution in [3.63, 3.8) is 0 Å². The van der Waals surface area contributed by atoms with E-state index in [1.54, 1.807) is 0 Å². The highest BCUT2D eigenvalue weighted by atomic mass is 15.0. The highest BCUT2D eigenvalue weighted by molar-refractivity contribution is 6.14. The first-order chi connectivity index (χ1) is 31.2. The Balaban J connectivity index is 1.04. The van der Waals surface area contributed by atoms with Gasteiger partial charge in [0.05, 0.1) is 28.1 Å². The lowest BCUT2D eigenvalue weighted by Gasteiger charge is -2.30. The molecule has 1 aliphatic rings. The van der Waals surface area contributed by atoms with Gasteiger partial charge in [-0.3, -0.25) is 0 Å². The fraction of sp³-hybridized carbons (Fsp3) is 0.0333. The van der Waals surface area contributed by atoms with Crippen LogP contribution >= 0.6 is 0 Å². The Labute approximate surface area is 365 Å². The SMILES string of the molecule is c1ccc(-c2cc(-c3ccccc3)nc(-c3ccc(-n4c5ccccc5c5cc6c(cc54)CC(c4ccc5ccccc5c4)c4ccc5ccccc5c4-6)c4ccccc34)n2)cc1. The molecule has 1 aliphatic carbocycles. The molecule has 2 aromatic heterocycles. The molecule has 0 amide bonds. The number of hydrogen-bond acceptors (Lipinski definition) is 2. The van der Waals surface area contributed by atoms with Crippen LogP contribution in [0.1, 0.15) is 22.6 Å². The van der Waals surface area contributed by atoms with Crippen molar-refractivity contribution in [2.45, 2.75) is 12.3 Å². The molecule has 10 aromatic carbocycles. The summed E-state index contributed by atoms with van der Waals surface area (Å²) in [6.07, 6.45) is 0.912. The number of hydrogen-bond donors (Lipinski definition) is 0. The second-order valence-corrected chi connectivity index (χ2v) is 16.9. The quantitative estimate of drug-likeness (QED) is 0.174. The molecule has 294 valence electrons. The summed E-state index contributed by atoms with van der Waals surface area (Å²) in [6, 6.07) is 79.5. The van der Waals surface area contributed by atoms with Crippen LogP contribution in [0.3, 0.4) is 0 Å². The maximum Gasteiger partial charge on any atom is 0.161 e. The Hall–Kier alpha value is -8.14. The third kappa shape index (κ3) is 5.74. The zero-order chi connectivity index (χ0) is 41.4. The van der Waals surface area contributed by atoms with Gasteiger partial charge in [-0.25, -0.2) is 9.97 Å². The molecule has 3 nitrogen and oxygen atoms in total. The molecule has 0 N–H and O–H groups in total. The third-order valence-corrected chi connectivity index (χ3v) is 13.4. The third-order valence-electron chi connectivity index (χ3n) is 13.4. The van der Waals surface area contributed by atoms with Gasteiger partial charge in [-0.15, -0.1) is 0 Å². The molecule has 3 heteroatoms. The minimum absolute atomic E-state index is 0.213. The number of fused-ring (bicyclic) bond motifs is 10. The van der Waals surface area contributed by atoms with E-state index in [0.29, 0.717) is 5.82 Å². The van der Waals surface area contributed by atoms with Crippen molar-refractivity contribution in [2.75, 3.05) is 0 Å². The molecule has 1 unspecified atom stereocenters. The highest BCUT2D eigenvalue weighted by Gasteiger charge is 2.30. The number of para-hydroxylation sites is 1. The fourth-order valence-corrected chi connectivity index (χ4v) is 10.4. The maximum absolute atomic E-state index is 5.26. The number of aromatic nitrogens is 3. The predicted octanol–water partition coefficient (Wildman–Crippen LogP) is 15.4. The van der Waals surface area contributed by atoms with Gasteiger partial charge in [0.25, 0.3) is 0 Å². The fourth-order valence-electron chi connectivity index (χ4n) is 10.4. The zero-order valence-electron chi connectivity index (χ0n) is 34.4. The average molecular weight is 802 g/mol. The van der Waals surface area contributed by atoms with Crippen LogP contribution < -0.4 is 0 Å². The molecule has 63 heavy (non-hydrogen) atoms. The molecule has 1 atom stereocenters. The molecule has 0 aliphatic heterocycles. The van der Waals surface area contributed by atoms with E-state index in [4.69, 9.17) is 9.97 Å². The van der Waals surface area contributed by atoms with E-state index >= 15 is 0 Å². The van der Waals surface area contributed by atoms with E-state index in [9.17, 15) is 0 Å². The Morgan fingerprint density at radius 3 is 1.78 bits per heavy atom. The molecule has 2 heterocycles. The number of nitrogens with zero attached hydrogens (tertiary/aromatic N) is 3. The van der Waals surface area contributed by atoms with Crippen LogP contribution in [-0.2, 0) is 6.42 Å². The van der Waals surface area contributed by atoms with Gasteiger partial charge in [0.15, 0.2) is 5.82 Å². The molecule has 0 spiro atoms. The van der Waals surface area contributed by atoms with Gasteiger partial charge in [-0.1, -0.05) is 182 Å². The average Bonchev–Trinajstić information content (AvgIpc) is 3.68. The van der Waals surface area contributed by atoms with Crippen LogP contribution in [-0.4, -0.2) is 14.5 Å². The normalized spacial score (nSPS) is 13.5. The lowest BCUT2D eigenvalue weighted by atomic mass is 9.73. The Morgan fingerprint density at radius 2 is 1.02 bits per heavy atom. The lowest BCUT2D eigenvalue weighted by Crippen LogP contribution is -2.13. The van der Waals surface area contributed by atoms with Gasteiger partial charge in [0.1, 0.15) is 0 Å². The molecule has 0 radical (unpaired) electrons. The molecular formula is C60H39N3. The van der Waals surface area contributed by atoms with Crippen LogP contribution in [0.25, 0.3) is 105 Å². The number of rotatable bonds is 5. The van der Waals surface area contributed by atoms with Crippen LogP contribution in [0.4, 0.5) is 0 Å². The van der Waals surface area contributed by atoms with Gasteiger partial charge in [-0.2, -0.15) is 0 Å². The Morgan fingerprint density at radius 1 is 0.397 bits per heavy atom. The van der Waals surface area contributed by atoms with E-state index in [2.05, 4.69) is 211 Å². The molecule has 12 aromatic rings. The van der Waals surface area contributed by atoms with E-state index in [0.717, 1.165) is 51.0 Å². The molecule has 0 fully saturated rings. The van der Waals surface area contributed by atoms with Crippen molar-refractivity contribution in [1.82, 2.24) is 14.5 Å². The van der Waals surface area contributed by atoms with E-state index in [1.807, 2.05) is 12.1 Å². The van der Waals surface area contributed by atoms with Crippen LogP contribution in [0.15, 0.2) is 218 Å². The first-order valence-electron chi connectivity index (χ1n) is 21.8. The lowest BCUT2D eigenvalue weighted by molar-refractivity contribution is 0.797. The van der Waals surface area contributed by atoms with Crippen molar-refractivity contribution in [3.8, 4) is 50.7 Å². The largest absolute Gasteiger partial charge is 0.309 e. The first-order valence-corrected chi connectivity index (χ1v) is 21.8. The van der Waals surface area contributed by atoms with E-state index in [1.165, 1.54) is 71.2 Å². The number of benzene rings is 10. The van der Waals surface area contributed by atoms with Crippen molar-refractivity contribution in [2.24, 2.45) is 0 Å². The molecule has 0 saturated carbocycles. The van der Waals surface area contributed by atoms with Crippen molar-refractivity contribution < 1.29 is 0 Å². The zero-order valence-corrected chi connectivity index (χ0v) is 34.4. The van der Waals surface area contributed by atoms with Crippen molar-refractivity contribution >= 4 is 54.1 Å². The van der Waals surface area contributed by atoms with E-state index < -0.39 is 0 Å².